The van der Waals surface area contributed by atoms with Crippen LogP contribution in [0.3, 0.4) is 0 Å². The zero-order chi connectivity index (χ0) is 11.1. The summed E-state index contributed by atoms with van der Waals surface area (Å²) in [6.45, 7) is 5.54. The third-order valence-corrected chi connectivity index (χ3v) is 2.77. The molecule has 0 aliphatic heterocycles. The maximum Gasteiger partial charge on any atom is 0.0664 e. The second kappa shape index (κ2) is 6.98. The van der Waals surface area contributed by atoms with Crippen LogP contribution in [0.25, 0.3) is 0 Å². The van der Waals surface area contributed by atoms with Crippen molar-refractivity contribution < 1.29 is 4.74 Å². The van der Waals surface area contributed by atoms with Crippen molar-refractivity contribution in [3.8, 4) is 0 Å². The summed E-state index contributed by atoms with van der Waals surface area (Å²) in [6, 6.07) is 0. The van der Waals surface area contributed by atoms with Gasteiger partial charge in [-0.1, -0.05) is 6.92 Å². The normalized spacial score (nSPS) is 10.9. The topological polar surface area (TPSA) is 39.1 Å². The lowest BCUT2D eigenvalue weighted by Gasteiger charge is -2.08. The Balaban J connectivity index is 2.46. The Morgan fingerprint density at radius 2 is 2.40 bits per heavy atom. The van der Waals surface area contributed by atoms with Gasteiger partial charge in [0.1, 0.15) is 0 Å². The van der Waals surface area contributed by atoms with Crippen molar-refractivity contribution >= 4 is 15.9 Å². The number of nitrogens with zero attached hydrogens (tertiary/aromatic N) is 2. The summed E-state index contributed by atoms with van der Waals surface area (Å²) in [4.78, 5) is 0. The Morgan fingerprint density at radius 1 is 1.60 bits per heavy atom. The van der Waals surface area contributed by atoms with Crippen LogP contribution in [0.5, 0.6) is 0 Å². The van der Waals surface area contributed by atoms with Crippen LogP contribution in [0.15, 0.2) is 10.7 Å². The standard InChI is InChI=1S/C10H18BrN3O/c1-3-5-14-10(9(11)7-13-14)8-12-4-6-15-2/h7,12H,3-6,8H2,1-2H3. The number of hydrogen-bond acceptors (Lipinski definition) is 3. The summed E-state index contributed by atoms with van der Waals surface area (Å²) < 4.78 is 8.07. The van der Waals surface area contributed by atoms with Crippen molar-refractivity contribution in [2.75, 3.05) is 20.3 Å². The molecule has 1 heterocycles. The van der Waals surface area contributed by atoms with Crippen molar-refractivity contribution in [1.82, 2.24) is 15.1 Å². The molecule has 0 fully saturated rings. The first-order chi connectivity index (χ1) is 7.29. The highest BCUT2D eigenvalue weighted by Gasteiger charge is 2.06. The zero-order valence-electron chi connectivity index (χ0n) is 9.29. The molecule has 1 aromatic rings. The van der Waals surface area contributed by atoms with Crippen LogP contribution in [-0.4, -0.2) is 30.0 Å². The molecule has 0 aliphatic carbocycles. The van der Waals surface area contributed by atoms with Crippen molar-refractivity contribution in [2.45, 2.75) is 26.4 Å². The Hall–Kier alpha value is -0.390. The van der Waals surface area contributed by atoms with Crippen LogP contribution in [0.2, 0.25) is 0 Å². The smallest absolute Gasteiger partial charge is 0.0664 e. The molecular formula is C10H18BrN3O. The molecule has 0 spiro atoms. The molecule has 0 amide bonds. The molecule has 5 heteroatoms. The van der Waals surface area contributed by atoms with Crippen LogP contribution < -0.4 is 5.32 Å². The number of aromatic nitrogens is 2. The molecule has 0 unspecified atom stereocenters. The molecule has 0 atom stereocenters. The average Bonchev–Trinajstić information content (AvgIpc) is 2.56. The van der Waals surface area contributed by atoms with Gasteiger partial charge in [-0.15, -0.1) is 0 Å². The largest absolute Gasteiger partial charge is 0.383 e. The van der Waals surface area contributed by atoms with Crippen molar-refractivity contribution in [1.29, 1.82) is 0 Å². The first-order valence-electron chi connectivity index (χ1n) is 5.19. The Kier molecular flexibility index (Phi) is 5.90. The van der Waals surface area contributed by atoms with E-state index in [2.05, 4.69) is 33.3 Å². The minimum Gasteiger partial charge on any atom is -0.383 e. The van der Waals surface area contributed by atoms with Gasteiger partial charge in [-0.25, -0.2) is 0 Å². The molecule has 4 nitrogen and oxygen atoms in total. The zero-order valence-corrected chi connectivity index (χ0v) is 10.9. The number of halogens is 1. The van der Waals surface area contributed by atoms with E-state index in [1.165, 1.54) is 5.69 Å². The highest BCUT2D eigenvalue weighted by Crippen LogP contribution is 2.15. The van der Waals surface area contributed by atoms with Crippen LogP contribution in [0.1, 0.15) is 19.0 Å². The fourth-order valence-electron chi connectivity index (χ4n) is 1.35. The molecule has 0 aromatic carbocycles. The molecule has 0 bridgehead atoms. The molecular weight excluding hydrogens is 258 g/mol. The van der Waals surface area contributed by atoms with Gasteiger partial charge in [0.25, 0.3) is 0 Å². The summed E-state index contributed by atoms with van der Waals surface area (Å²) in [5.74, 6) is 0. The monoisotopic (exact) mass is 275 g/mol. The minimum atomic E-state index is 0.736. The SMILES string of the molecule is CCCn1ncc(Br)c1CNCCOC. The Labute approximate surface area is 99.1 Å². The number of nitrogens with one attached hydrogen (secondary N) is 1. The molecule has 15 heavy (non-hydrogen) atoms. The van der Waals surface area contributed by atoms with E-state index in [0.29, 0.717) is 0 Å². The fourth-order valence-corrected chi connectivity index (χ4v) is 1.79. The van der Waals surface area contributed by atoms with Gasteiger partial charge < -0.3 is 10.1 Å². The summed E-state index contributed by atoms with van der Waals surface area (Å²) in [6.07, 6.45) is 2.95. The first kappa shape index (κ1) is 12.7. The van der Waals surface area contributed by atoms with E-state index in [-0.39, 0.29) is 0 Å². The fraction of sp³-hybridized carbons (Fsp3) is 0.700. The van der Waals surface area contributed by atoms with Crippen LogP contribution in [0, 0.1) is 0 Å². The van der Waals surface area contributed by atoms with Gasteiger partial charge in [0.15, 0.2) is 0 Å². The molecule has 0 radical (unpaired) electrons. The number of aryl methyl sites for hydroxylation is 1. The van der Waals surface area contributed by atoms with Crippen molar-refractivity contribution in [2.24, 2.45) is 0 Å². The third-order valence-electron chi connectivity index (χ3n) is 2.11. The van der Waals surface area contributed by atoms with E-state index in [1.54, 1.807) is 7.11 Å². The molecule has 0 saturated carbocycles. The minimum absolute atomic E-state index is 0.736. The lowest BCUT2D eigenvalue weighted by Crippen LogP contribution is -2.21. The summed E-state index contributed by atoms with van der Waals surface area (Å²) in [5, 5.41) is 7.62. The van der Waals surface area contributed by atoms with Gasteiger partial charge >= 0.3 is 0 Å². The molecule has 1 rings (SSSR count). The van der Waals surface area contributed by atoms with Gasteiger partial charge in [-0.3, -0.25) is 4.68 Å². The maximum atomic E-state index is 4.97. The lowest BCUT2D eigenvalue weighted by molar-refractivity contribution is 0.199. The highest BCUT2D eigenvalue weighted by molar-refractivity contribution is 9.10. The highest BCUT2D eigenvalue weighted by atomic mass is 79.9. The molecule has 0 saturated heterocycles. The number of ether oxygens (including phenoxy) is 1. The second-order valence-corrected chi connectivity index (χ2v) is 4.19. The molecule has 1 aromatic heterocycles. The number of methoxy groups -OCH3 is 1. The first-order valence-corrected chi connectivity index (χ1v) is 5.98. The summed E-state index contributed by atoms with van der Waals surface area (Å²) in [5.41, 5.74) is 1.20. The summed E-state index contributed by atoms with van der Waals surface area (Å²) in [7, 11) is 1.71. The van der Waals surface area contributed by atoms with Crippen molar-refractivity contribution in [3.63, 3.8) is 0 Å². The van der Waals surface area contributed by atoms with Gasteiger partial charge in [0.2, 0.25) is 0 Å². The van der Waals surface area contributed by atoms with Gasteiger partial charge in [-0.2, -0.15) is 5.10 Å². The van der Waals surface area contributed by atoms with E-state index >= 15 is 0 Å². The summed E-state index contributed by atoms with van der Waals surface area (Å²) >= 11 is 3.50. The van der Waals surface area contributed by atoms with Gasteiger partial charge in [-0.05, 0) is 22.4 Å². The predicted molar refractivity (Wildman–Crippen MR) is 63.8 cm³/mol. The quantitative estimate of drug-likeness (QED) is 0.772. The van der Waals surface area contributed by atoms with Crippen LogP contribution in [-0.2, 0) is 17.8 Å². The van der Waals surface area contributed by atoms with Crippen LogP contribution >= 0.6 is 15.9 Å². The predicted octanol–water partition coefficient (Wildman–Crippen LogP) is 1.79. The Morgan fingerprint density at radius 3 is 3.07 bits per heavy atom. The molecule has 86 valence electrons. The number of rotatable bonds is 7. The second-order valence-electron chi connectivity index (χ2n) is 3.33. The maximum absolute atomic E-state index is 4.97. The van der Waals surface area contributed by atoms with E-state index in [1.807, 2.05) is 10.9 Å². The number of hydrogen-bond donors (Lipinski definition) is 1. The molecule has 0 aliphatic rings. The van der Waals surface area contributed by atoms with E-state index in [4.69, 9.17) is 4.74 Å². The van der Waals surface area contributed by atoms with Gasteiger partial charge in [0.05, 0.1) is 23.0 Å². The van der Waals surface area contributed by atoms with E-state index < -0.39 is 0 Å². The molecule has 1 N–H and O–H groups in total. The van der Waals surface area contributed by atoms with Crippen LogP contribution in [0.4, 0.5) is 0 Å². The average molecular weight is 276 g/mol. The lowest BCUT2D eigenvalue weighted by atomic mass is 10.4. The van der Waals surface area contributed by atoms with E-state index in [9.17, 15) is 0 Å². The van der Waals surface area contributed by atoms with Crippen molar-refractivity contribution in [3.05, 3.63) is 16.4 Å². The van der Waals surface area contributed by atoms with Gasteiger partial charge in [0, 0.05) is 26.7 Å². The Bertz CT molecular complexity index is 288. The van der Waals surface area contributed by atoms with E-state index in [0.717, 1.165) is 37.1 Å². The third kappa shape index (κ3) is 3.93.